The zero-order valence-corrected chi connectivity index (χ0v) is 10.9. The molecule has 2 aliphatic rings. The summed E-state index contributed by atoms with van der Waals surface area (Å²) in [4.78, 5) is 12.1. The number of hydrogen-bond acceptors (Lipinski definition) is 3. The molecule has 0 spiro atoms. The molecule has 0 aromatic heterocycles. The van der Waals surface area contributed by atoms with Crippen LogP contribution in [0.25, 0.3) is 0 Å². The van der Waals surface area contributed by atoms with E-state index in [9.17, 15) is 4.79 Å². The summed E-state index contributed by atoms with van der Waals surface area (Å²) in [5.41, 5.74) is 0. The summed E-state index contributed by atoms with van der Waals surface area (Å²) < 4.78 is 5.50. The lowest BCUT2D eigenvalue weighted by molar-refractivity contribution is -0.126. The SMILES string of the molecule is CC1NCCCC1C(=O)NCC1CCOC1C. The first-order valence-electron chi connectivity index (χ1n) is 6.81. The predicted molar refractivity (Wildman–Crippen MR) is 66.7 cm³/mol. The van der Waals surface area contributed by atoms with E-state index in [4.69, 9.17) is 4.74 Å². The fourth-order valence-electron chi connectivity index (χ4n) is 2.81. The normalized spacial score (nSPS) is 38.0. The Kier molecular flexibility index (Phi) is 4.40. The van der Waals surface area contributed by atoms with Crippen molar-refractivity contribution in [2.45, 2.75) is 45.3 Å². The topological polar surface area (TPSA) is 50.4 Å². The van der Waals surface area contributed by atoms with Crippen LogP contribution in [0.4, 0.5) is 0 Å². The average Bonchev–Trinajstić information content (AvgIpc) is 2.72. The molecule has 4 unspecified atom stereocenters. The largest absolute Gasteiger partial charge is 0.378 e. The molecule has 2 saturated heterocycles. The minimum atomic E-state index is 0.140. The minimum absolute atomic E-state index is 0.140. The first-order chi connectivity index (χ1) is 8.18. The van der Waals surface area contributed by atoms with Gasteiger partial charge in [0.25, 0.3) is 0 Å². The second-order valence-corrected chi connectivity index (χ2v) is 5.36. The van der Waals surface area contributed by atoms with Gasteiger partial charge in [-0.05, 0) is 39.7 Å². The van der Waals surface area contributed by atoms with Crippen LogP contribution in [0.2, 0.25) is 0 Å². The lowest BCUT2D eigenvalue weighted by Gasteiger charge is -2.29. The molecular weight excluding hydrogens is 216 g/mol. The zero-order valence-electron chi connectivity index (χ0n) is 10.9. The lowest BCUT2D eigenvalue weighted by Crippen LogP contribution is -2.47. The summed E-state index contributed by atoms with van der Waals surface area (Å²) in [6.07, 6.45) is 3.47. The molecule has 4 heteroatoms. The molecule has 1 amide bonds. The summed E-state index contributed by atoms with van der Waals surface area (Å²) in [6, 6.07) is 0.306. The van der Waals surface area contributed by atoms with E-state index in [2.05, 4.69) is 24.5 Å². The van der Waals surface area contributed by atoms with Gasteiger partial charge in [-0.3, -0.25) is 4.79 Å². The molecule has 4 atom stereocenters. The maximum atomic E-state index is 12.1. The van der Waals surface area contributed by atoms with Crippen molar-refractivity contribution in [2.24, 2.45) is 11.8 Å². The van der Waals surface area contributed by atoms with E-state index in [1.807, 2.05) is 0 Å². The molecule has 17 heavy (non-hydrogen) atoms. The van der Waals surface area contributed by atoms with Gasteiger partial charge < -0.3 is 15.4 Å². The Bertz CT molecular complexity index is 270. The van der Waals surface area contributed by atoms with Gasteiger partial charge in [-0.2, -0.15) is 0 Å². The van der Waals surface area contributed by atoms with Gasteiger partial charge in [-0.15, -0.1) is 0 Å². The highest BCUT2D eigenvalue weighted by Crippen LogP contribution is 2.20. The van der Waals surface area contributed by atoms with Gasteiger partial charge in [-0.1, -0.05) is 0 Å². The van der Waals surface area contributed by atoms with Gasteiger partial charge in [-0.25, -0.2) is 0 Å². The highest BCUT2D eigenvalue weighted by molar-refractivity contribution is 5.79. The van der Waals surface area contributed by atoms with Crippen molar-refractivity contribution < 1.29 is 9.53 Å². The Morgan fingerprint density at radius 1 is 1.41 bits per heavy atom. The van der Waals surface area contributed by atoms with Crippen molar-refractivity contribution in [1.82, 2.24) is 10.6 Å². The van der Waals surface area contributed by atoms with Crippen molar-refractivity contribution in [3.8, 4) is 0 Å². The molecule has 2 N–H and O–H groups in total. The zero-order chi connectivity index (χ0) is 12.3. The molecule has 0 saturated carbocycles. The number of ether oxygens (including phenoxy) is 1. The van der Waals surface area contributed by atoms with Crippen molar-refractivity contribution in [3.05, 3.63) is 0 Å². The van der Waals surface area contributed by atoms with Crippen LogP contribution in [-0.4, -0.2) is 37.7 Å². The molecule has 2 fully saturated rings. The Morgan fingerprint density at radius 3 is 2.88 bits per heavy atom. The number of rotatable bonds is 3. The number of carbonyl (C=O) groups is 1. The second kappa shape index (κ2) is 5.83. The summed E-state index contributed by atoms with van der Waals surface area (Å²) in [5, 5.41) is 6.46. The first-order valence-corrected chi connectivity index (χ1v) is 6.81. The van der Waals surface area contributed by atoms with Crippen LogP contribution < -0.4 is 10.6 Å². The van der Waals surface area contributed by atoms with Crippen molar-refractivity contribution >= 4 is 5.91 Å². The van der Waals surface area contributed by atoms with Gasteiger partial charge in [0.05, 0.1) is 12.0 Å². The Hall–Kier alpha value is -0.610. The summed E-state index contributed by atoms with van der Waals surface area (Å²) in [6.45, 7) is 6.84. The van der Waals surface area contributed by atoms with E-state index in [-0.39, 0.29) is 17.9 Å². The third-order valence-corrected chi connectivity index (χ3v) is 4.17. The third-order valence-electron chi connectivity index (χ3n) is 4.17. The number of amides is 1. The van der Waals surface area contributed by atoms with E-state index in [0.29, 0.717) is 12.0 Å². The molecule has 98 valence electrons. The molecule has 0 aliphatic carbocycles. The molecule has 2 heterocycles. The van der Waals surface area contributed by atoms with E-state index >= 15 is 0 Å². The summed E-state index contributed by atoms with van der Waals surface area (Å²) in [7, 11) is 0. The van der Waals surface area contributed by atoms with Gasteiger partial charge in [0.2, 0.25) is 5.91 Å². The maximum Gasteiger partial charge on any atom is 0.224 e. The second-order valence-electron chi connectivity index (χ2n) is 5.36. The Balaban J connectivity index is 1.76. The molecule has 0 bridgehead atoms. The first kappa shape index (κ1) is 12.8. The van der Waals surface area contributed by atoms with Crippen LogP contribution in [0.1, 0.15) is 33.1 Å². The quantitative estimate of drug-likeness (QED) is 0.771. The number of carbonyl (C=O) groups excluding carboxylic acids is 1. The Labute approximate surface area is 103 Å². The molecule has 0 radical (unpaired) electrons. The molecular formula is C13H24N2O2. The third kappa shape index (κ3) is 3.19. The van der Waals surface area contributed by atoms with Crippen LogP contribution in [0.5, 0.6) is 0 Å². The highest BCUT2D eigenvalue weighted by atomic mass is 16.5. The van der Waals surface area contributed by atoms with Gasteiger partial charge in [0.15, 0.2) is 0 Å². The van der Waals surface area contributed by atoms with Crippen LogP contribution in [-0.2, 0) is 9.53 Å². The molecule has 2 rings (SSSR count). The van der Waals surface area contributed by atoms with Gasteiger partial charge >= 0.3 is 0 Å². The molecule has 0 aromatic rings. The number of nitrogens with one attached hydrogen (secondary N) is 2. The van der Waals surface area contributed by atoms with Crippen LogP contribution in [0.3, 0.4) is 0 Å². The lowest BCUT2D eigenvalue weighted by atomic mass is 9.91. The van der Waals surface area contributed by atoms with Gasteiger partial charge in [0.1, 0.15) is 0 Å². The monoisotopic (exact) mass is 240 g/mol. The van der Waals surface area contributed by atoms with E-state index in [1.54, 1.807) is 0 Å². The standard InChI is InChI=1S/C13H24N2O2/c1-9-12(4-3-6-14-9)13(16)15-8-11-5-7-17-10(11)2/h9-12,14H,3-8H2,1-2H3,(H,15,16). The van der Waals surface area contributed by atoms with Crippen LogP contribution in [0, 0.1) is 11.8 Å². The summed E-state index contributed by atoms with van der Waals surface area (Å²) >= 11 is 0. The van der Waals surface area contributed by atoms with E-state index < -0.39 is 0 Å². The number of piperidine rings is 1. The maximum absolute atomic E-state index is 12.1. The van der Waals surface area contributed by atoms with Crippen LogP contribution in [0.15, 0.2) is 0 Å². The van der Waals surface area contributed by atoms with Gasteiger partial charge in [0, 0.05) is 25.1 Å². The van der Waals surface area contributed by atoms with Crippen molar-refractivity contribution in [1.29, 1.82) is 0 Å². The van der Waals surface area contributed by atoms with Crippen molar-refractivity contribution in [2.75, 3.05) is 19.7 Å². The smallest absolute Gasteiger partial charge is 0.224 e. The molecule has 2 aliphatic heterocycles. The fourth-order valence-corrected chi connectivity index (χ4v) is 2.81. The van der Waals surface area contributed by atoms with E-state index in [1.165, 1.54) is 0 Å². The van der Waals surface area contributed by atoms with Crippen LogP contribution >= 0.6 is 0 Å². The van der Waals surface area contributed by atoms with Crippen molar-refractivity contribution in [3.63, 3.8) is 0 Å². The average molecular weight is 240 g/mol. The highest BCUT2D eigenvalue weighted by Gasteiger charge is 2.29. The van der Waals surface area contributed by atoms with E-state index in [0.717, 1.165) is 39.0 Å². The number of hydrogen-bond donors (Lipinski definition) is 2. The molecule has 4 nitrogen and oxygen atoms in total. The minimum Gasteiger partial charge on any atom is -0.378 e. The Morgan fingerprint density at radius 2 is 2.24 bits per heavy atom. The summed E-state index contributed by atoms with van der Waals surface area (Å²) in [5.74, 6) is 0.844. The molecule has 0 aromatic carbocycles. The predicted octanol–water partition coefficient (Wildman–Crippen LogP) is 0.916. The fraction of sp³-hybridized carbons (Fsp3) is 0.923.